The topological polar surface area (TPSA) is 26.3 Å². The molecule has 0 aromatic carbocycles. The van der Waals surface area contributed by atoms with Crippen molar-refractivity contribution >= 4 is 21.9 Å². The lowest BCUT2D eigenvalue weighted by molar-refractivity contribution is -0.138. The van der Waals surface area contributed by atoms with Crippen LogP contribution in [0.25, 0.3) is 0 Å². The SMILES string of the molecule is CCOC(=O)/C(C)=C/Br. The zero-order chi connectivity index (χ0) is 7.28. The summed E-state index contributed by atoms with van der Waals surface area (Å²) in [6.07, 6.45) is 0. The van der Waals surface area contributed by atoms with Gasteiger partial charge in [0.25, 0.3) is 0 Å². The van der Waals surface area contributed by atoms with Crippen LogP contribution in [-0.2, 0) is 9.53 Å². The molecule has 0 aliphatic heterocycles. The van der Waals surface area contributed by atoms with E-state index in [9.17, 15) is 4.79 Å². The fourth-order valence-electron chi connectivity index (χ4n) is 0.289. The maximum Gasteiger partial charge on any atom is 0.334 e. The summed E-state index contributed by atoms with van der Waals surface area (Å²) in [5, 5.41) is 0. The van der Waals surface area contributed by atoms with E-state index in [0.717, 1.165) is 0 Å². The summed E-state index contributed by atoms with van der Waals surface area (Å²) >= 11 is 3.02. The third-order valence-electron chi connectivity index (χ3n) is 0.761. The number of carbonyl (C=O) groups is 1. The van der Waals surface area contributed by atoms with E-state index < -0.39 is 0 Å². The maximum absolute atomic E-state index is 10.7. The quantitative estimate of drug-likeness (QED) is 0.494. The number of ether oxygens (including phenoxy) is 1. The molecule has 52 valence electrons. The van der Waals surface area contributed by atoms with Gasteiger partial charge < -0.3 is 4.74 Å². The van der Waals surface area contributed by atoms with Crippen LogP contribution in [0, 0.1) is 0 Å². The van der Waals surface area contributed by atoms with Crippen molar-refractivity contribution in [1.29, 1.82) is 0 Å². The molecule has 0 aliphatic carbocycles. The van der Waals surface area contributed by atoms with Crippen molar-refractivity contribution in [3.63, 3.8) is 0 Å². The van der Waals surface area contributed by atoms with Gasteiger partial charge in [-0.25, -0.2) is 4.79 Å². The van der Waals surface area contributed by atoms with Gasteiger partial charge in [-0.1, -0.05) is 15.9 Å². The Bertz CT molecular complexity index is 129. The average molecular weight is 193 g/mol. The number of hydrogen-bond acceptors (Lipinski definition) is 2. The molecule has 0 bridgehead atoms. The van der Waals surface area contributed by atoms with E-state index in [-0.39, 0.29) is 5.97 Å². The highest BCUT2D eigenvalue weighted by Crippen LogP contribution is 1.99. The Hall–Kier alpha value is -0.310. The molecule has 0 rings (SSSR count). The van der Waals surface area contributed by atoms with Gasteiger partial charge in [-0.15, -0.1) is 0 Å². The number of rotatable bonds is 2. The van der Waals surface area contributed by atoms with E-state index in [1.54, 1.807) is 18.8 Å². The summed E-state index contributed by atoms with van der Waals surface area (Å²) < 4.78 is 4.66. The highest BCUT2D eigenvalue weighted by molar-refractivity contribution is 9.11. The van der Waals surface area contributed by atoms with Crippen molar-refractivity contribution in [3.8, 4) is 0 Å². The number of hydrogen-bond donors (Lipinski definition) is 0. The first kappa shape index (κ1) is 8.69. The van der Waals surface area contributed by atoms with E-state index >= 15 is 0 Å². The van der Waals surface area contributed by atoms with Crippen molar-refractivity contribution in [3.05, 3.63) is 10.6 Å². The van der Waals surface area contributed by atoms with Gasteiger partial charge in [0.2, 0.25) is 0 Å². The van der Waals surface area contributed by atoms with E-state index in [2.05, 4.69) is 20.7 Å². The molecule has 3 heteroatoms. The standard InChI is InChI=1S/C6H9BrO2/c1-3-9-6(8)5(2)4-7/h4H,3H2,1-2H3/b5-4+. The van der Waals surface area contributed by atoms with Gasteiger partial charge in [0.1, 0.15) is 0 Å². The van der Waals surface area contributed by atoms with Crippen LogP contribution in [0.5, 0.6) is 0 Å². The van der Waals surface area contributed by atoms with E-state index in [1.807, 2.05) is 0 Å². The lowest BCUT2D eigenvalue weighted by atomic mass is 10.4. The summed E-state index contributed by atoms with van der Waals surface area (Å²) in [5.74, 6) is -0.269. The molecular weight excluding hydrogens is 184 g/mol. The van der Waals surface area contributed by atoms with Crippen molar-refractivity contribution < 1.29 is 9.53 Å². The first-order valence-corrected chi connectivity index (χ1v) is 3.58. The molecule has 0 unspecified atom stereocenters. The van der Waals surface area contributed by atoms with Crippen LogP contribution in [0.15, 0.2) is 10.6 Å². The minimum Gasteiger partial charge on any atom is -0.463 e. The van der Waals surface area contributed by atoms with E-state index in [1.165, 1.54) is 0 Å². The van der Waals surface area contributed by atoms with Crippen LogP contribution >= 0.6 is 15.9 Å². The molecule has 0 aromatic rings. The minimum absolute atomic E-state index is 0.269. The van der Waals surface area contributed by atoms with Crippen LogP contribution in [0.4, 0.5) is 0 Å². The molecular formula is C6H9BrO2. The summed E-state index contributed by atoms with van der Waals surface area (Å²) in [5.41, 5.74) is 0.580. The summed E-state index contributed by atoms with van der Waals surface area (Å²) in [6, 6.07) is 0. The van der Waals surface area contributed by atoms with Crippen LogP contribution < -0.4 is 0 Å². The van der Waals surface area contributed by atoms with Crippen molar-refractivity contribution in [2.75, 3.05) is 6.61 Å². The second kappa shape index (κ2) is 4.56. The lowest BCUT2D eigenvalue weighted by Gasteiger charge is -1.97. The monoisotopic (exact) mass is 192 g/mol. The Balaban J connectivity index is 3.74. The average Bonchev–Trinajstić information content (AvgIpc) is 1.87. The fraction of sp³-hybridized carbons (Fsp3) is 0.500. The summed E-state index contributed by atoms with van der Waals surface area (Å²) in [7, 11) is 0. The van der Waals surface area contributed by atoms with Crippen LogP contribution in [0.1, 0.15) is 13.8 Å². The molecule has 0 fully saturated rings. The molecule has 0 radical (unpaired) electrons. The second-order valence-corrected chi connectivity index (χ2v) is 1.97. The Morgan fingerprint density at radius 2 is 2.33 bits per heavy atom. The molecule has 2 nitrogen and oxygen atoms in total. The van der Waals surface area contributed by atoms with Crippen LogP contribution in [-0.4, -0.2) is 12.6 Å². The van der Waals surface area contributed by atoms with Gasteiger partial charge in [-0.2, -0.15) is 0 Å². The molecule has 0 aliphatic rings. The zero-order valence-corrected chi connectivity index (χ0v) is 7.06. The highest BCUT2D eigenvalue weighted by atomic mass is 79.9. The predicted molar refractivity (Wildman–Crippen MR) is 39.3 cm³/mol. The normalized spacial score (nSPS) is 11.2. The van der Waals surface area contributed by atoms with Crippen LogP contribution in [0.2, 0.25) is 0 Å². The Labute approximate surface area is 63.0 Å². The zero-order valence-electron chi connectivity index (χ0n) is 5.48. The molecule has 0 saturated heterocycles. The van der Waals surface area contributed by atoms with Crippen molar-refractivity contribution in [2.45, 2.75) is 13.8 Å². The maximum atomic E-state index is 10.7. The van der Waals surface area contributed by atoms with Gasteiger partial charge in [0.05, 0.1) is 6.61 Å². The van der Waals surface area contributed by atoms with Gasteiger partial charge in [0, 0.05) is 5.57 Å². The Kier molecular flexibility index (Phi) is 4.40. The lowest BCUT2D eigenvalue weighted by Crippen LogP contribution is -2.03. The second-order valence-electron chi connectivity index (χ2n) is 1.51. The van der Waals surface area contributed by atoms with Crippen molar-refractivity contribution in [1.82, 2.24) is 0 Å². The van der Waals surface area contributed by atoms with Gasteiger partial charge in [-0.3, -0.25) is 0 Å². The summed E-state index contributed by atoms with van der Waals surface area (Å²) in [6.45, 7) is 3.89. The Morgan fingerprint density at radius 1 is 1.78 bits per heavy atom. The number of carbonyl (C=O) groups excluding carboxylic acids is 1. The molecule has 0 N–H and O–H groups in total. The molecule has 0 saturated carbocycles. The third-order valence-corrected chi connectivity index (χ3v) is 1.45. The van der Waals surface area contributed by atoms with E-state index in [4.69, 9.17) is 0 Å². The minimum atomic E-state index is -0.269. The predicted octanol–water partition coefficient (Wildman–Crippen LogP) is 1.85. The first-order valence-electron chi connectivity index (χ1n) is 2.66. The first-order chi connectivity index (χ1) is 4.22. The molecule has 0 spiro atoms. The smallest absolute Gasteiger partial charge is 0.334 e. The van der Waals surface area contributed by atoms with Crippen LogP contribution in [0.3, 0.4) is 0 Å². The summed E-state index contributed by atoms with van der Waals surface area (Å²) in [4.78, 5) is 12.2. The van der Waals surface area contributed by atoms with Gasteiger partial charge >= 0.3 is 5.97 Å². The number of esters is 1. The Morgan fingerprint density at radius 3 is 2.67 bits per heavy atom. The largest absolute Gasteiger partial charge is 0.463 e. The molecule has 0 heterocycles. The fourth-order valence-corrected chi connectivity index (χ4v) is 0.476. The molecule has 0 amide bonds. The molecule has 0 atom stereocenters. The highest BCUT2D eigenvalue weighted by Gasteiger charge is 2.01. The number of halogens is 1. The third kappa shape index (κ3) is 3.30. The van der Waals surface area contributed by atoms with E-state index in [0.29, 0.717) is 12.2 Å². The molecule has 0 aromatic heterocycles. The molecule has 9 heavy (non-hydrogen) atoms. The van der Waals surface area contributed by atoms with Crippen molar-refractivity contribution in [2.24, 2.45) is 0 Å². The van der Waals surface area contributed by atoms with Gasteiger partial charge in [0.15, 0.2) is 0 Å². The van der Waals surface area contributed by atoms with Gasteiger partial charge in [-0.05, 0) is 18.8 Å².